The maximum absolute atomic E-state index is 5.39. The molecular weight excluding hydrogens is 909 g/mol. The second-order valence-electron chi connectivity index (χ2n) is 20.5. The summed E-state index contributed by atoms with van der Waals surface area (Å²) >= 11 is 0. The third kappa shape index (κ3) is 6.91. The summed E-state index contributed by atoms with van der Waals surface area (Å²) in [5.41, 5.74) is 17.3. The zero-order valence-electron chi connectivity index (χ0n) is 41.4. The summed E-state index contributed by atoms with van der Waals surface area (Å²) in [4.78, 5) is 21.1. The van der Waals surface area contributed by atoms with Gasteiger partial charge in [-0.25, -0.2) is 19.9 Å². The standard InChI is InChI=1S/C71H46N4/c1-71(2)63-41-49(67-59-23-11-13-25-65(59)72-69(74-67)45-31-27-43(28-32-45)61-39-47-15-3-5-17-51(47)53-19-7-9-21-55(53)61)35-37-57(63)58-38-36-50(42-64(58)71)68-60-24-12-14-26-66(60)73-70(75-68)46-33-29-44(30-34-46)62-40-48-16-4-6-18-52(48)54-20-8-10-22-56(54)62/h3-42H,1-2H3. The Bertz CT molecular complexity index is 4370. The van der Waals surface area contributed by atoms with Crippen LogP contribution in [0.4, 0.5) is 0 Å². The van der Waals surface area contributed by atoms with Gasteiger partial charge in [0.05, 0.1) is 22.4 Å². The van der Waals surface area contributed by atoms with Crippen LogP contribution in [0.3, 0.4) is 0 Å². The molecule has 0 amide bonds. The minimum atomic E-state index is -0.306. The number of rotatable bonds is 6. The lowest BCUT2D eigenvalue weighted by molar-refractivity contribution is 0.661. The zero-order chi connectivity index (χ0) is 49.8. The predicted octanol–water partition coefficient (Wildman–Crippen LogP) is 18.5. The van der Waals surface area contributed by atoms with Crippen molar-refractivity contribution in [2.45, 2.75) is 19.3 Å². The molecule has 1 aliphatic carbocycles. The van der Waals surface area contributed by atoms with E-state index in [1.165, 1.54) is 76.5 Å². The largest absolute Gasteiger partial charge is 0.228 e. The van der Waals surface area contributed by atoms with Crippen molar-refractivity contribution < 1.29 is 0 Å². The van der Waals surface area contributed by atoms with E-state index < -0.39 is 0 Å². The minimum absolute atomic E-state index is 0.306. The van der Waals surface area contributed by atoms with Gasteiger partial charge in [0.1, 0.15) is 0 Å². The quantitative estimate of drug-likeness (QED) is 0.156. The van der Waals surface area contributed by atoms with Crippen molar-refractivity contribution in [3.8, 4) is 78.7 Å². The lowest BCUT2D eigenvalue weighted by atomic mass is 9.81. The Morgan fingerprint density at radius 1 is 0.253 bits per heavy atom. The van der Waals surface area contributed by atoms with Gasteiger partial charge in [0.2, 0.25) is 0 Å². The van der Waals surface area contributed by atoms with Gasteiger partial charge >= 0.3 is 0 Å². The van der Waals surface area contributed by atoms with Crippen molar-refractivity contribution in [2.75, 3.05) is 0 Å². The zero-order valence-corrected chi connectivity index (χ0v) is 41.4. The van der Waals surface area contributed by atoms with E-state index in [1.54, 1.807) is 0 Å². The molecule has 0 bridgehead atoms. The SMILES string of the molecule is CC1(C)c2cc(-c3nc(-c4ccc(-c5cc6ccccc6c6ccccc56)cc4)nc4ccccc34)ccc2-c2ccc(-c3nc(-c4ccc(-c5cc6ccccc6c6ccccc56)cc4)nc4ccccc34)cc21. The van der Waals surface area contributed by atoms with Crippen LogP contribution >= 0.6 is 0 Å². The first-order valence-electron chi connectivity index (χ1n) is 25.8. The number of hydrogen-bond acceptors (Lipinski definition) is 4. The fourth-order valence-corrected chi connectivity index (χ4v) is 12.1. The summed E-state index contributed by atoms with van der Waals surface area (Å²) in [5, 5.41) is 12.1. The molecule has 2 aromatic heterocycles. The lowest BCUT2D eigenvalue weighted by Crippen LogP contribution is -2.15. The van der Waals surface area contributed by atoms with Crippen LogP contribution < -0.4 is 0 Å². The lowest BCUT2D eigenvalue weighted by Gasteiger charge is -2.23. The van der Waals surface area contributed by atoms with Gasteiger partial charge < -0.3 is 0 Å². The topological polar surface area (TPSA) is 51.6 Å². The molecule has 350 valence electrons. The fraction of sp³-hybridized carbons (Fsp3) is 0.0423. The number of para-hydroxylation sites is 2. The molecule has 4 nitrogen and oxygen atoms in total. The van der Waals surface area contributed by atoms with Crippen LogP contribution in [0.2, 0.25) is 0 Å². The van der Waals surface area contributed by atoms with E-state index in [0.29, 0.717) is 11.6 Å². The van der Waals surface area contributed by atoms with Gasteiger partial charge in [-0.15, -0.1) is 0 Å². The maximum Gasteiger partial charge on any atom is 0.160 e. The molecule has 4 heteroatoms. The molecule has 0 saturated carbocycles. The molecule has 0 aliphatic heterocycles. The predicted molar refractivity (Wildman–Crippen MR) is 313 cm³/mol. The third-order valence-electron chi connectivity index (χ3n) is 15.9. The summed E-state index contributed by atoms with van der Waals surface area (Å²) < 4.78 is 0. The van der Waals surface area contributed by atoms with E-state index in [2.05, 4.69) is 257 Å². The van der Waals surface area contributed by atoms with Crippen molar-refractivity contribution in [1.82, 2.24) is 19.9 Å². The van der Waals surface area contributed by atoms with Crippen LogP contribution in [0.15, 0.2) is 243 Å². The van der Waals surface area contributed by atoms with Crippen LogP contribution in [-0.2, 0) is 5.41 Å². The molecule has 14 aromatic rings. The summed E-state index contributed by atoms with van der Waals surface area (Å²) in [6.07, 6.45) is 0. The number of aromatic nitrogens is 4. The summed E-state index contributed by atoms with van der Waals surface area (Å²) in [6, 6.07) is 87.4. The highest BCUT2D eigenvalue weighted by molar-refractivity contribution is 6.15. The van der Waals surface area contributed by atoms with Crippen molar-refractivity contribution >= 4 is 64.9 Å². The first-order chi connectivity index (χ1) is 36.9. The number of nitrogens with zero attached hydrogens (tertiary/aromatic N) is 4. The van der Waals surface area contributed by atoms with E-state index in [9.17, 15) is 0 Å². The maximum atomic E-state index is 5.39. The van der Waals surface area contributed by atoms with Crippen LogP contribution in [0.1, 0.15) is 25.0 Å². The molecule has 0 spiro atoms. The molecule has 12 aromatic carbocycles. The Hall–Kier alpha value is -9.64. The van der Waals surface area contributed by atoms with Crippen LogP contribution in [-0.4, -0.2) is 19.9 Å². The molecule has 1 aliphatic rings. The Morgan fingerprint density at radius 2 is 0.587 bits per heavy atom. The molecule has 2 heterocycles. The van der Waals surface area contributed by atoms with Crippen LogP contribution in [0.5, 0.6) is 0 Å². The number of fused-ring (bicyclic) bond motifs is 11. The fourth-order valence-electron chi connectivity index (χ4n) is 12.1. The first-order valence-corrected chi connectivity index (χ1v) is 25.8. The van der Waals surface area contributed by atoms with Crippen LogP contribution in [0, 0.1) is 0 Å². The Morgan fingerprint density at radius 3 is 1.01 bits per heavy atom. The Balaban J connectivity index is 0.776. The molecular formula is C71H46N4. The highest BCUT2D eigenvalue weighted by Gasteiger charge is 2.36. The molecule has 15 rings (SSSR count). The molecule has 0 fully saturated rings. The molecule has 0 saturated heterocycles. The monoisotopic (exact) mass is 954 g/mol. The van der Waals surface area contributed by atoms with E-state index in [0.717, 1.165) is 66.6 Å². The van der Waals surface area contributed by atoms with E-state index >= 15 is 0 Å². The minimum Gasteiger partial charge on any atom is -0.228 e. The second-order valence-corrected chi connectivity index (χ2v) is 20.5. The highest BCUT2D eigenvalue weighted by atomic mass is 14.9. The van der Waals surface area contributed by atoms with E-state index in [-0.39, 0.29) is 5.41 Å². The van der Waals surface area contributed by atoms with Gasteiger partial charge in [-0.1, -0.05) is 220 Å². The molecule has 0 N–H and O–H groups in total. The third-order valence-corrected chi connectivity index (χ3v) is 15.9. The van der Waals surface area contributed by atoms with Crippen LogP contribution in [0.25, 0.3) is 144 Å². The number of hydrogen-bond donors (Lipinski definition) is 0. The molecule has 75 heavy (non-hydrogen) atoms. The van der Waals surface area contributed by atoms with Gasteiger partial charge in [0.15, 0.2) is 11.6 Å². The molecule has 0 atom stereocenters. The summed E-state index contributed by atoms with van der Waals surface area (Å²) in [6.45, 7) is 4.69. The molecule has 0 unspecified atom stereocenters. The smallest absolute Gasteiger partial charge is 0.160 e. The highest BCUT2D eigenvalue weighted by Crippen LogP contribution is 2.51. The van der Waals surface area contributed by atoms with Crippen molar-refractivity contribution in [3.63, 3.8) is 0 Å². The molecule has 0 radical (unpaired) electrons. The van der Waals surface area contributed by atoms with Gasteiger partial charge in [-0.05, 0) is 124 Å². The van der Waals surface area contributed by atoms with Gasteiger partial charge in [-0.2, -0.15) is 0 Å². The van der Waals surface area contributed by atoms with Crippen molar-refractivity contribution in [3.05, 3.63) is 254 Å². The Kier molecular flexibility index (Phi) is 9.58. The van der Waals surface area contributed by atoms with Crippen molar-refractivity contribution in [2.24, 2.45) is 0 Å². The first kappa shape index (κ1) is 43.0. The van der Waals surface area contributed by atoms with Crippen molar-refractivity contribution in [1.29, 1.82) is 0 Å². The number of benzene rings is 12. The van der Waals surface area contributed by atoms with E-state index in [1.807, 2.05) is 0 Å². The summed E-state index contributed by atoms with van der Waals surface area (Å²) in [7, 11) is 0. The average molecular weight is 955 g/mol. The normalized spacial score (nSPS) is 12.8. The van der Waals surface area contributed by atoms with E-state index in [4.69, 9.17) is 19.9 Å². The van der Waals surface area contributed by atoms with Gasteiger partial charge in [-0.3, -0.25) is 0 Å². The summed E-state index contributed by atoms with van der Waals surface area (Å²) in [5.74, 6) is 1.41. The van der Waals surface area contributed by atoms with Gasteiger partial charge in [0.25, 0.3) is 0 Å². The Labute approximate surface area is 434 Å². The van der Waals surface area contributed by atoms with Gasteiger partial charge in [0, 0.05) is 38.4 Å². The second kappa shape index (κ2) is 16.7. The average Bonchev–Trinajstić information content (AvgIpc) is 3.71.